The van der Waals surface area contributed by atoms with Gasteiger partial charge in [-0.05, 0) is 37.1 Å². The lowest BCUT2D eigenvalue weighted by Crippen LogP contribution is -2.36. The van der Waals surface area contributed by atoms with E-state index in [-0.39, 0.29) is 24.5 Å². The van der Waals surface area contributed by atoms with Crippen LogP contribution in [0.4, 0.5) is 5.69 Å². The first-order valence-electron chi connectivity index (χ1n) is 9.62. The third kappa shape index (κ3) is 5.49. The highest BCUT2D eigenvalue weighted by atomic mass is 16.5. The Bertz CT molecular complexity index is 816. The largest absolute Gasteiger partial charge is 0.497 e. The lowest BCUT2D eigenvalue weighted by atomic mass is 9.95. The van der Waals surface area contributed by atoms with E-state index in [0.29, 0.717) is 22.7 Å². The summed E-state index contributed by atoms with van der Waals surface area (Å²) >= 11 is 0. The lowest BCUT2D eigenvalue weighted by Gasteiger charge is -2.23. The maximum absolute atomic E-state index is 12.7. The molecule has 0 atom stereocenters. The second-order valence-corrected chi connectivity index (χ2v) is 6.87. The number of carbonyl (C=O) groups excluding carboxylic acids is 2. The number of ether oxygens (including phenoxy) is 2. The number of anilines is 1. The zero-order chi connectivity index (χ0) is 19.8. The molecule has 1 saturated carbocycles. The average molecular weight is 382 g/mol. The number of rotatable bonds is 7. The molecule has 1 aliphatic carbocycles. The van der Waals surface area contributed by atoms with Gasteiger partial charge in [0.25, 0.3) is 11.8 Å². The molecule has 0 unspecified atom stereocenters. The molecule has 1 aliphatic rings. The van der Waals surface area contributed by atoms with Crippen LogP contribution < -0.4 is 20.1 Å². The van der Waals surface area contributed by atoms with Gasteiger partial charge in [-0.3, -0.25) is 9.59 Å². The Morgan fingerprint density at radius 1 is 1.00 bits per heavy atom. The minimum absolute atomic E-state index is 0.156. The van der Waals surface area contributed by atoms with Gasteiger partial charge < -0.3 is 20.1 Å². The molecule has 28 heavy (non-hydrogen) atoms. The van der Waals surface area contributed by atoms with Crippen LogP contribution in [0.2, 0.25) is 0 Å². The van der Waals surface area contributed by atoms with Crippen LogP contribution >= 0.6 is 0 Å². The second-order valence-electron chi connectivity index (χ2n) is 6.87. The molecule has 0 aromatic heterocycles. The summed E-state index contributed by atoms with van der Waals surface area (Å²) in [5.74, 6) is 0.706. The van der Waals surface area contributed by atoms with Crippen LogP contribution in [0.15, 0.2) is 48.5 Å². The number of hydrogen-bond acceptors (Lipinski definition) is 4. The summed E-state index contributed by atoms with van der Waals surface area (Å²) in [4.78, 5) is 25.0. The Morgan fingerprint density at radius 2 is 1.75 bits per heavy atom. The number of amides is 2. The standard InChI is InChI=1S/C22H26N2O4/c1-27-17-10-7-11-18(14-17)28-15-21(25)24-20-13-6-5-12-19(20)22(26)23-16-8-3-2-4-9-16/h5-7,10-14,16H,2-4,8-9,15H2,1H3,(H,23,26)(H,24,25). The van der Waals surface area contributed by atoms with Crippen LogP contribution in [0.1, 0.15) is 42.5 Å². The molecule has 0 radical (unpaired) electrons. The quantitative estimate of drug-likeness (QED) is 0.764. The molecule has 0 aliphatic heterocycles. The second kappa shape index (κ2) is 9.78. The molecule has 0 saturated heterocycles. The molecular weight excluding hydrogens is 356 g/mol. The van der Waals surface area contributed by atoms with Crippen molar-refractivity contribution in [2.45, 2.75) is 38.1 Å². The highest BCUT2D eigenvalue weighted by Crippen LogP contribution is 2.21. The average Bonchev–Trinajstić information content (AvgIpc) is 2.73. The Balaban J connectivity index is 1.58. The van der Waals surface area contributed by atoms with Crippen molar-refractivity contribution >= 4 is 17.5 Å². The van der Waals surface area contributed by atoms with Crippen LogP contribution in [0, 0.1) is 0 Å². The number of methoxy groups -OCH3 is 1. The van der Waals surface area contributed by atoms with Crippen molar-refractivity contribution < 1.29 is 19.1 Å². The highest BCUT2D eigenvalue weighted by molar-refractivity contribution is 6.04. The molecular formula is C22H26N2O4. The van der Waals surface area contributed by atoms with Crippen molar-refractivity contribution in [3.63, 3.8) is 0 Å². The zero-order valence-electron chi connectivity index (χ0n) is 16.1. The van der Waals surface area contributed by atoms with Gasteiger partial charge in [0.05, 0.1) is 18.4 Å². The molecule has 1 fully saturated rings. The third-order valence-electron chi connectivity index (χ3n) is 4.80. The Morgan fingerprint density at radius 3 is 2.54 bits per heavy atom. The number of hydrogen-bond donors (Lipinski definition) is 2. The summed E-state index contributed by atoms with van der Waals surface area (Å²) in [6.45, 7) is -0.161. The van der Waals surface area contributed by atoms with Crippen LogP contribution in [0.3, 0.4) is 0 Å². The van der Waals surface area contributed by atoms with E-state index in [9.17, 15) is 9.59 Å². The van der Waals surface area contributed by atoms with E-state index in [2.05, 4.69) is 10.6 Å². The molecule has 2 amide bonds. The smallest absolute Gasteiger partial charge is 0.262 e. The van der Waals surface area contributed by atoms with Crippen LogP contribution in [0.5, 0.6) is 11.5 Å². The van der Waals surface area contributed by atoms with E-state index in [0.717, 1.165) is 25.7 Å². The van der Waals surface area contributed by atoms with Crippen LogP contribution in [0.25, 0.3) is 0 Å². The van der Waals surface area contributed by atoms with E-state index >= 15 is 0 Å². The topological polar surface area (TPSA) is 76.7 Å². The highest BCUT2D eigenvalue weighted by Gasteiger charge is 2.19. The van der Waals surface area contributed by atoms with Crippen molar-refractivity contribution in [1.82, 2.24) is 5.32 Å². The van der Waals surface area contributed by atoms with E-state index in [1.807, 2.05) is 0 Å². The SMILES string of the molecule is COc1cccc(OCC(=O)Nc2ccccc2C(=O)NC2CCCCC2)c1. The van der Waals surface area contributed by atoms with E-state index in [1.165, 1.54) is 6.42 Å². The number of para-hydroxylation sites is 1. The van der Waals surface area contributed by atoms with Gasteiger partial charge in [-0.1, -0.05) is 37.5 Å². The summed E-state index contributed by atoms with van der Waals surface area (Å²) in [7, 11) is 1.57. The fourth-order valence-corrected chi connectivity index (χ4v) is 3.33. The molecule has 0 heterocycles. The minimum Gasteiger partial charge on any atom is -0.497 e. The zero-order valence-corrected chi connectivity index (χ0v) is 16.1. The third-order valence-corrected chi connectivity index (χ3v) is 4.80. The molecule has 148 valence electrons. The van der Waals surface area contributed by atoms with Crippen molar-refractivity contribution in [1.29, 1.82) is 0 Å². The predicted octanol–water partition coefficient (Wildman–Crippen LogP) is 3.78. The van der Waals surface area contributed by atoms with Crippen molar-refractivity contribution in [2.75, 3.05) is 19.0 Å². The maximum Gasteiger partial charge on any atom is 0.262 e. The summed E-state index contributed by atoms with van der Waals surface area (Å²) in [6.07, 6.45) is 5.53. The molecule has 2 aromatic carbocycles. The monoisotopic (exact) mass is 382 g/mol. The van der Waals surface area contributed by atoms with Gasteiger partial charge in [0, 0.05) is 12.1 Å². The van der Waals surface area contributed by atoms with Gasteiger partial charge in [-0.15, -0.1) is 0 Å². The van der Waals surface area contributed by atoms with E-state index in [4.69, 9.17) is 9.47 Å². The first-order chi connectivity index (χ1) is 13.7. The number of nitrogens with one attached hydrogen (secondary N) is 2. The molecule has 6 heteroatoms. The Kier molecular flexibility index (Phi) is 6.89. The minimum atomic E-state index is -0.333. The number of benzene rings is 2. The van der Waals surface area contributed by atoms with Crippen molar-refractivity contribution in [2.24, 2.45) is 0 Å². The predicted molar refractivity (Wildman–Crippen MR) is 108 cm³/mol. The molecule has 6 nitrogen and oxygen atoms in total. The fourth-order valence-electron chi connectivity index (χ4n) is 3.33. The molecule has 2 N–H and O–H groups in total. The van der Waals surface area contributed by atoms with E-state index < -0.39 is 0 Å². The summed E-state index contributed by atoms with van der Waals surface area (Å²) in [5, 5.41) is 5.86. The summed E-state index contributed by atoms with van der Waals surface area (Å²) in [5.41, 5.74) is 0.942. The van der Waals surface area contributed by atoms with Gasteiger partial charge in [-0.25, -0.2) is 0 Å². The normalized spacial score (nSPS) is 14.2. The molecule has 2 aromatic rings. The Labute approximate surface area is 165 Å². The lowest BCUT2D eigenvalue weighted by molar-refractivity contribution is -0.118. The Hall–Kier alpha value is -3.02. The van der Waals surface area contributed by atoms with Gasteiger partial charge in [0.1, 0.15) is 11.5 Å². The first kappa shape index (κ1) is 19.7. The summed E-state index contributed by atoms with van der Waals surface area (Å²) < 4.78 is 10.6. The van der Waals surface area contributed by atoms with Crippen LogP contribution in [-0.4, -0.2) is 31.6 Å². The van der Waals surface area contributed by atoms with Gasteiger partial charge in [0.2, 0.25) is 0 Å². The van der Waals surface area contributed by atoms with E-state index in [1.54, 1.807) is 55.6 Å². The summed E-state index contributed by atoms with van der Waals surface area (Å²) in [6, 6.07) is 14.3. The fraction of sp³-hybridized carbons (Fsp3) is 0.364. The first-order valence-corrected chi connectivity index (χ1v) is 9.62. The molecule has 0 bridgehead atoms. The van der Waals surface area contributed by atoms with Gasteiger partial charge >= 0.3 is 0 Å². The van der Waals surface area contributed by atoms with Crippen molar-refractivity contribution in [3.8, 4) is 11.5 Å². The van der Waals surface area contributed by atoms with Crippen molar-refractivity contribution in [3.05, 3.63) is 54.1 Å². The molecule has 3 rings (SSSR count). The number of carbonyl (C=O) groups is 2. The molecule has 0 spiro atoms. The maximum atomic E-state index is 12.7. The van der Waals surface area contributed by atoms with Gasteiger partial charge in [0.15, 0.2) is 6.61 Å². The van der Waals surface area contributed by atoms with Gasteiger partial charge in [-0.2, -0.15) is 0 Å². The van der Waals surface area contributed by atoms with Crippen LogP contribution in [-0.2, 0) is 4.79 Å².